The lowest BCUT2D eigenvalue weighted by atomic mass is 10.0. The van der Waals surface area contributed by atoms with Gasteiger partial charge in [-0.3, -0.25) is 4.79 Å². The second-order valence-electron chi connectivity index (χ2n) is 6.41. The normalized spacial score (nSPS) is 20.5. The van der Waals surface area contributed by atoms with Gasteiger partial charge >= 0.3 is 0 Å². The summed E-state index contributed by atoms with van der Waals surface area (Å²) < 4.78 is 41.7. The Balaban J connectivity index is 1.51. The third-order valence-corrected chi connectivity index (χ3v) is 5.90. The average Bonchev–Trinajstić information content (AvgIpc) is 3.23. The molecule has 0 aromatic carbocycles. The molecule has 1 aromatic heterocycles. The lowest BCUT2D eigenvalue weighted by molar-refractivity contribution is -0.187. The van der Waals surface area contributed by atoms with Crippen molar-refractivity contribution in [3.8, 4) is 0 Å². The minimum atomic E-state index is -3.42. The Kier molecular flexibility index (Phi) is 5.47. The smallest absolute Gasteiger partial charge is 0.223 e. The molecule has 0 aliphatic carbocycles. The first-order chi connectivity index (χ1) is 11.9. The molecule has 0 unspecified atom stereocenters. The second-order valence-corrected chi connectivity index (χ2v) is 8.40. The summed E-state index contributed by atoms with van der Waals surface area (Å²) in [5.41, 5.74) is 0. The summed E-state index contributed by atoms with van der Waals surface area (Å²) in [6.07, 6.45) is 4.09. The highest BCUT2D eigenvalue weighted by molar-refractivity contribution is 7.88. The van der Waals surface area contributed by atoms with Gasteiger partial charge in [-0.2, -0.15) is 4.31 Å². The molecule has 0 radical (unpaired) electrons. The van der Waals surface area contributed by atoms with Crippen LogP contribution < -0.4 is 0 Å². The number of rotatable bonds is 6. The zero-order valence-electron chi connectivity index (χ0n) is 14.3. The maximum atomic E-state index is 12.4. The van der Waals surface area contributed by atoms with Gasteiger partial charge in [-0.15, -0.1) is 0 Å². The highest BCUT2D eigenvalue weighted by Crippen LogP contribution is 2.31. The van der Waals surface area contributed by atoms with Crippen molar-refractivity contribution in [3.63, 3.8) is 0 Å². The molecule has 9 heteroatoms. The molecule has 25 heavy (non-hydrogen) atoms. The second kappa shape index (κ2) is 7.45. The number of carbonyl (C=O) groups excluding carboxylic acids is 1. The number of ether oxygens (including phenoxy) is 2. The predicted molar refractivity (Wildman–Crippen MR) is 89.0 cm³/mol. The van der Waals surface area contributed by atoms with Gasteiger partial charge in [-0.1, -0.05) is 0 Å². The predicted octanol–water partition coefficient (Wildman–Crippen LogP) is 0.797. The monoisotopic (exact) mass is 372 g/mol. The Labute approximate surface area is 147 Å². The van der Waals surface area contributed by atoms with E-state index in [1.807, 2.05) is 0 Å². The molecule has 0 saturated carbocycles. The molecule has 1 amide bonds. The quantitative estimate of drug-likeness (QED) is 0.734. The van der Waals surface area contributed by atoms with Gasteiger partial charge in [-0.25, -0.2) is 8.42 Å². The molecule has 3 rings (SSSR count). The molecular formula is C16H24N2O6S. The molecular weight excluding hydrogens is 348 g/mol. The number of piperidine rings is 1. The molecule has 1 aromatic rings. The molecule has 2 fully saturated rings. The van der Waals surface area contributed by atoms with Gasteiger partial charge in [0.1, 0.15) is 5.76 Å². The zero-order valence-corrected chi connectivity index (χ0v) is 15.2. The number of sulfonamides is 1. The summed E-state index contributed by atoms with van der Waals surface area (Å²) in [6.45, 7) is 2.59. The largest absolute Gasteiger partial charge is 0.468 e. The highest BCUT2D eigenvalue weighted by atomic mass is 32.2. The Morgan fingerprint density at radius 3 is 2.52 bits per heavy atom. The Bertz CT molecular complexity index is 671. The summed E-state index contributed by atoms with van der Waals surface area (Å²) in [5, 5.41) is 0. The van der Waals surface area contributed by atoms with Crippen LogP contribution in [-0.2, 0) is 30.8 Å². The summed E-state index contributed by atoms with van der Waals surface area (Å²) >= 11 is 0. The first-order valence-corrected chi connectivity index (χ1v) is 10.3. The van der Waals surface area contributed by atoms with E-state index in [0.717, 1.165) is 6.26 Å². The number of likely N-dealkylation sites (tertiary alicyclic amines) is 1. The van der Waals surface area contributed by atoms with E-state index in [4.69, 9.17) is 13.9 Å². The minimum absolute atomic E-state index is 0.0547. The standard InChI is InChI=1S/C16H24N2O6S/c1-25(20,21)18(13-14-3-2-10-22-14)7-4-15(19)17-8-5-16(6-9-17)23-11-12-24-16/h2-3,10H,4-9,11-13H2,1H3. The Morgan fingerprint density at radius 2 is 1.96 bits per heavy atom. The summed E-state index contributed by atoms with van der Waals surface area (Å²) in [7, 11) is -3.42. The van der Waals surface area contributed by atoms with Crippen molar-refractivity contribution in [2.24, 2.45) is 0 Å². The van der Waals surface area contributed by atoms with Crippen LogP contribution in [0.5, 0.6) is 0 Å². The highest BCUT2D eigenvalue weighted by Gasteiger charge is 2.40. The van der Waals surface area contributed by atoms with E-state index in [9.17, 15) is 13.2 Å². The number of nitrogens with zero attached hydrogens (tertiary/aromatic N) is 2. The molecule has 0 bridgehead atoms. The van der Waals surface area contributed by atoms with Crippen LogP contribution in [0.1, 0.15) is 25.0 Å². The van der Waals surface area contributed by atoms with E-state index in [2.05, 4.69) is 0 Å². The van der Waals surface area contributed by atoms with E-state index in [1.165, 1.54) is 10.6 Å². The fraction of sp³-hybridized carbons (Fsp3) is 0.688. The first-order valence-electron chi connectivity index (χ1n) is 8.41. The Hall–Kier alpha value is -1.42. The SMILES string of the molecule is CS(=O)(=O)N(CCC(=O)N1CCC2(CC1)OCCO2)Cc1ccco1. The number of amides is 1. The van der Waals surface area contributed by atoms with Crippen LogP contribution in [0.3, 0.4) is 0 Å². The third-order valence-electron chi connectivity index (χ3n) is 4.65. The van der Waals surface area contributed by atoms with Crippen LogP contribution >= 0.6 is 0 Å². The molecule has 2 aliphatic rings. The fourth-order valence-corrected chi connectivity index (χ4v) is 3.98. The minimum Gasteiger partial charge on any atom is -0.468 e. The topological polar surface area (TPSA) is 89.3 Å². The summed E-state index contributed by atoms with van der Waals surface area (Å²) in [5.74, 6) is -0.0243. The van der Waals surface area contributed by atoms with Crippen LogP contribution in [0.4, 0.5) is 0 Å². The summed E-state index contributed by atoms with van der Waals surface area (Å²) in [6, 6.07) is 3.42. The van der Waals surface area contributed by atoms with Crippen LogP contribution in [0.25, 0.3) is 0 Å². The van der Waals surface area contributed by atoms with Crippen LogP contribution in [-0.4, -0.2) is 68.4 Å². The van der Waals surface area contributed by atoms with Crippen LogP contribution in [0.2, 0.25) is 0 Å². The van der Waals surface area contributed by atoms with Gasteiger partial charge in [-0.05, 0) is 12.1 Å². The van der Waals surface area contributed by atoms with Crippen LogP contribution in [0.15, 0.2) is 22.8 Å². The molecule has 140 valence electrons. The molecule has 0 atom stereocenters. The Morgan fingerprint density at radius 1 is 1.28 bits per heavy atom. The van der Waals surface area contributed by atoms with Crippen LogP contribution in [0, 0.1) is 0 Å². The van der Waals surface area contributed by atoms with Gasteiger partial charge in [0.2, 0.25) is 15.9 Å². The zero-order chi connectivity index (χ0) is 17.9. The number of carbonyl (C=O) groups is 1. The van der Waals surface area contributed by atoms with E-state index in [1.54, 1.807) is 17.0 Å². The van der Waals surface area contributed by atoms with Crippen molar-refractivity contribution < 1.29 is 27.1 Å². The van der Waals surface area contributed by atoms with Gasteiger partial charge in [0, 0.05) is 38.9 Å². The van der Waals surface area contributed by atoms with Gasteiger partial charge < -0.3 is 18.8 Å². The van der Waals surface area contributed by atoms with E-state index >= 15 is 0 Å². The first kappa shape index (κ1) is 18.4. The van der Waals surface area contributed by atoms with E-state index in [-0.39, 0.29) is 25.4 Å². The average molecular weight is 372 g/mol. The van der Waals surface area contributed by atoms with Crippen molar-refractivity contribution in [3.05, 3.63) is 24.2 Å². The third kappa shape index (κ3) is 4.60. The van der Waals surface area contributed by atoms with Crippen molar-refractivity contribution in [1.29, 1.82) is 0 Å². The maximum absolute atomic E-state index is 12.4. The molecule has 8 nitrogen and oxygen atoms in total. The molecule has 2 aliphatic heterocycles. The number of furan rings is 1. The lowest BCUT2D eigenvalue weighted by Gasteiger charge is -2.37. The van der Waals surface area contributed by atoms with E-state index in [0.29, 0.717) is 44.9 Å². The number of hydrogen-bond acceptors (Lipinski definition) is 6. The van der Waals surface area contributed by atoms with Gasteiger partial charge in [0.25, 0.3) is 0 Å². The summed E-state index contributed by atoms with van der Waals surface area (Å²) in [4.78, 5) is 14.2. The molecule has 0 N–H and O–H groups in total. The maximum Gasteiger partial charge on any atom is 0.223 e. The van der Waals surface area contributed by atoms with E-state index < -0.39 is 15.8 Å². The fourth-order valence-electron chi connectivity index (χ4n) is 3.20. The molecule has 3 heterocycles. The number of hydrogen-bond donors (Lipinski definition) is 0. The van der Waals surface area contributed by atoms with Crippen molar-refractivity contribution in [2.75, 3.05) is 39.1 Å². The molecule has 1 spiro atoms. The van der Waals surface area contributed by atoms with Crippen molar-refractivity contribution >= 4 is 15.9 Å². The van der Waals surface area contributed by atoms with Crippen molar-refractivity contribution in [2.45, 2.75) is 31.6 Å². The van der Waals surface area contributed by atoms with Gasteiger partial charge in [0.15, 0.2) is 5.79 Å². The van der Waals surface area contributed by atoms with Gasteiger partial charge in [0.05, 0.1) is 32.3 Å². The van der Waals surface area contributed by atoms with Crippen molar-refractivity contribution in [1.82, 2.24) is 9.21 Å². The lowest BCUT2D eigenvalue weighted by Crippen LogP contribution is -2.47. The molecule has 2 saturated heterocycles.